The van der Waals surface area contributed by atoms with Crippen molar-refractivity contribution in [3.05, 3.63) is 121 Å². The molecule has 0 aliphatic rings. The van der Waals surface area contributed by atoms with Gasteiger partial charge in [0.2, 0.25) is 0 Å². The minimum absolute atomic E-state index is 0.627. The number of pyridine rings is 1. The molecular formula is C34H19N3S. The maximum Gasteiger partial charge on any atom is 0.139 e. The van der Waals surface area contributed by atoms with Gasteiger partial charge < -0.3 is 0 Å². The third-order valence-electron chi connectivity index (χ3n) is 7.44. The Morgan fingerprint density at radius 1 is 0.632 bits per heavy atom. The molecule has 0 unspecified atom stereocenters. The summed E-state index contributed by atoms with van der Waals surface area (Å²) in [5.74, 6) is 0.753. The van der Waals surface area contributed by atoms with Crippen LogP contribution in [0.25, 0.3) is 69.8 Å². The van der Waals surface area contributed by atoms with Crippen molar-refractivity contribution >= 4 is 64.2 Å². The van der Waals surface area contributed by atoms with Crippen LogP contribution >= 0.6 is 11.3 Å². The van der Waals surface area contributed by atoms with Gasteiger partial charge in [-0.25, -0.2) is 4.98 Å². The van der Waals surface area contributed by atoms with E-state index in [4.69, 9.17) is 4.98 Å². The van der Waals surface area contributed by atoms with Crippen LogP contribution in [0.2, 0.25) is 0 Å². The molecule has 5 aromatic carbocycles. The Balaban J connectivity index is 1.47. The Labute approximate surface area is 222 Å². The third-order valence-corrected chi connectivity index (χ3v) is 8.58. The van der Waals surface area contributed by atoms with Crippen LogP contribution in [0.5, 0.6) is 0 Å². The number of nitrogens with zero attached hydrogens (tertiary/aromatic N) is 3. The highest BCUT2D eigenvalue weighted by Crippen LogP contribution is 2.41. The minimum Gasteiger partial charge on any atom is -0.294 e. The lowest BCUT2D eigenvalue weighted by Gasteiger charge is -2.11. The summed E-state index contributed by atoms with van der Waals surface area (Å²) < 4.78 is 4.79. The second-order valence-corrected chi connectivity index (χ2v) is 10.6. The van der Waals surface area contributed by atoms with Gasteiger partial charge in [0, 0.05) is 36.3 Å². The zero-order valence-electron chi connectivity index (χ0n) is 20.2. The van der Waals surface area contributed by atoms with Crippen LogP contribution < -0.4 is 0 Å². The topological polar surface area (TPSA) is 41.6 Å². The molecule has 0 amide bonds. The molecule has 0 radical (unpaired) electrons. The first-order valence-electron chi connectivity index (χ1n) is 12.5. The summed E-state index contributed by atoms with van der Waals surface area (Å²) in [6, 6.07) is 42.5. The number of nitriles is 1. The fourth-order valence-corrected chi connectivity index (χ4v) is 6.90. The van der Waals surface area contributed by atoms with Gasteiger partial charge in [0.1, 0.15) is 5.82 Å². The zero-order valence-corrected chi connectivity index (χ0v) is 21.0. The normalized spacial score (nSPS) is 11.7. The maximum atomic E-state index is 9.96. The first-order chi connectivity index (χ1) is 18.8. The molecule has 0 bridgehead atoms. The second-order valence-electron chi connectivity index (χ2n) is 9.52. The van der Waals surface area contributed by atoms with Crippen molar-refractivity contribution in [1.82, 2.24) is 9.55 Å². The molecule has 3 heterocycles. The van der Waals surface area contributed by atoms with Gasteiger partial charge in [0.05, 0.1) is 28.2 Å². The van der Waals surface area contributed by atoms with E-state index in [0.717, 1.165) is 33.3 Å². The molecule has 0 atom stereocenters. The average molecular weight is 502 g/mol. The summed E-state index contributed by atoms with van der Waals surface area (Å²) in [5.41, 5.74) is 5.98. The van der Waals surface area contributed by atoms with Gasteiger partial charge in [0.15, 0.2) is 0 Å². The molecule has 4 heteroatoms. The zero-order chi connectivity index (χ0) is 25.2. The van der Waals surface area contributed by atoms with Gasteiger partial charge in [-0.1, -0.05) is 78.9 Å². The molecule has 176 valence electrons. The molecule has 0 saturated carbocycles. The van der Waals surface area contributed by atoms with E-state index in [1.807, 2.05) is 41.7 Å². The fraction of sp³-hybridized carbons (Fsp3) is 0. The molecule has 3 aromatic heterocycles. The van der Waals surface area contributed by atoms with Crippen molar-refractivity contribution < 1.29 is 0 Å². The standard InChI is InChI=1S/C34H19N3S/c35-20-22-19-33(36-28-12-4-1-8-23(22)28)37-29-13-5-2-9-25(29)26-17-16-21(18-30(26)37)24-11-7-15-32-34(24)27-10-3-6-14-31(27)38-32/h1-19H. The Morgan fingerprint density at radius 3 is 2.26 bits per heavy atom. The first kappa shape index (κ1) is 21.1. The van der Waals surface area contributed by atoms with Crippen molar-refractivity contribution in [2.24, 2.45) is 0 Å². The molecule has 0 aliphatic heterocycles. The summed E-state index contributed by atoms with van der Waals surface area (Å²) in [5, 5.41) is 15.8. The minimum atomic E-state index is 0.627. The molecule has 0 spiro atoms. The van der Waals surface area contributed by atoms with Gasteiger partial charge in [-0.15, -0.1) is 11.3 Å². The van der Waals surface area contributed by atoms with Crippen molar-refractivity contribution in [1.29, 1.82) is 5.26 Å². The number of para-hydroxylation sites is 2. The number of aromatic nitrogens is 2. The van der Waals surface area contributed by atoms with Crippen LogP contribution in [0.1, 0.15) is 5.56 Å². The number of fused-ring (bicyclic) bond motifs is 7. The number of thiophene rings is 1. The maximum absolute atomic E-state index is 9.96. The van der Waals surface area contributed by atoms with E-state index >= 15 is 0 Å². The van der Waals surface area contributed by atoms with Crippen LogP contribution in [0, 0.1) is 11.3 Å². The van der Waals surface area contributed by atoms with Crippen LogP contribution in [-0.4, -0.2) is 9.55 Å². The fourth-order valence-electron chi connectivity index (χ4n) is 5.77. The van der Waals surface area contributed by atoms with E-state index in [2.05, 4.69) is 95.6 Å². The van der Waals surface area contributed by atoms with E-state index in [0.29, 0.717) is 5.56 Å². The number of benzene rings is 5. The van der Waals surface area contributed by atoms with Crippen LogP contribution in [0.15, 0.2) is 115 Å². The number of hydrogen-bond acceptors (Lipinski definition) is 3. The molecule has 8 rings (SSSR count). The molecule has 38 heavy (non-hydrogen) atoms. The summed E-state index contributed by atoms with van der Waals surface area (Å²) >= 11 is 1.84. The van der Waals surface area contributed by atoms with Crippen LogP contribution in [-0.2, 0) is 0 Å². The Morgan fingerprint density at radius 2 is 1.37 bits per heavy atom. The highest BCUT2D eigenvalue weighted by Gasteiger charge is 2.17. The predicted octanol–water partition coefficient (Wildman–Crippen LogP) is 9.24. The SMILES string of the molecule is N#Cc1cc(-n2c3ccccc3c3ccc(-c4cccc5sc6ccccc6c45)cc32)nc2ccccc12. The van der Waals surface area contributed by atoms with E-state index in [1.54, 1.807) is 0 Å². The highest BCUT2D eigenvalue weighted by molar-refractivity contribution is 7.25. The molecule has 8 aromatic rings. The highest BCUT2D eigenvalue weighted by atomic mass is 32.1. The summed E-state index contributed by atoms with van der Waals surface area (Å²) in [7, 11) is 0. The first-order valence-corrected chi connectivity index (χ1v) is 13.4. The van der Waals surface area contributed by atoms with E-state index in [-0.39, 0.29) is 0 Å². The Kier molecular flexibility index (Phi) is 4.46. The lowest BCUT2D eigenvalue weighted by atomic mass is 9.98. The van der Waals surface area contributed by atoms with Crippen molar-refractivity contribution in [3.8, 4) is 23.0 Å². The van der Waals surface area contributed by atoms with Crippen LogP contribution in [0.4, 0.5) is 0 Å². The summed E-state index contributed by atoms with van der Waals surface area (Å²) in [6.45, 7) is 0. The van der Waals surface area contributed by atoms with E-state index in [9.17, 15) is 5.26 Å². The molecule has 0 saturated heterocycles. The van der Waals surface area contributed by atoms with Gasteiger partial charge in [0.25, 0.3) is 0 Å². The van der Waals surface area contributed by atoms with Gasteiger partial charge in [-0.05, 0) is 47.5 Å². The summed E-state index contributed by atoms with van der Waals surface area (Å²) in [6.07, 6.45) is 0. The quantitative estimate of drug-likeness (QED) is 0.237. The molecule has 3 nitrogen and oxygen atoms in total. The second kappa shape index (κ2) is 8.01. The average Bonchev–Trinajstić information content (AvgIpc) is 3.52. The van der Waals surface area contributed by atoms with Crippen molar-refractivity contribution in [3.63, 3.8) is 0 Å². The molecule has 0 aliphatic carbocycles. The lowest BCUT2D eigenvalue weighted by Crippen LogP contribution is -1.99. The largest absolute Gasteiger partial charge is 0.294 e. The van der Waals surface area contributed by atoms with Gasteiger partial charge in [-0.2, -0.15) is 5.26 Å². The van der Waals surface area contributed by atoms with Gasteiger partial charge >= 0.3 is 0 Å². The Bertz CT molecular complexity index is 2260. The predicted molar refractivity (Wildman–Crippen MR) is 159 cm³/mol. The van der Waals surface area contributed by atoms with Crippen LogP contribution in [0.3, 0.4) is 0 Å². The molecule has 0 N–H and O–H groups in total. The molecule has 0 fully saturated rings. The van der Waals surface area contributed by atoms with E-state index < -0.39 is 0 Å². The Hall–Kier alpha value is -4.98. The third kappa shape index (κ3) is 2.97. The van der Waals surface area contributed by atoms with Crippen molar-refractivity contribution in [2.45, 2.75) is 0 Å². The summed E-state index contributed by atoms with van der Waals surface area (Å²) in [4.78, 5) is 5.03. The van der Waals surface area contributed by atoms with E-state index in [1.165, 1.54) is 36.5 Å². The number of hydrogen-bond donors (Lipinski definition) is 0. The monoisotopic (exact) mass is 501 g/mol. The molecular weight excluding hydrogens is 482 g/mol. The lowest BCUT2D eigenvalue weighted by molar-refractivity contribution is 1.10. The van der Waals surface area contributed by atoms with Gasteiger partial charge in [-0.3, -0.25) is 4.57 Å². The smallest absolute Gasteiger partial charge is 0.139 e. The van der Waals surface area contributed by atoms with Crippen molar-refractivity contribution in [2.75, 3.05) is 0 Å². The number of rotatable bonds is 2.